The second-order valence-electron chi connectivity index (χ2n) is 6.43. The highest BCUT2D eigenvalue weighted by atomic mass is 16.2. The van der Waals surface area contributed by atoms with E-state index in [4.69, 9.17) is 0 Å². The van der Waals surface area contributed by atoms with Crippen molar-refractivity contribution in [1.82, 2.24) is 10.2 Å². The quantitative estimate of drug-likeness (QED) is 0.923. The maximum atomic E-state index is 12.3. The van der Waals surface area contributed by atoms with E-state index < -0.39 is 0 Å². The molecule has 0 saturated carbocycles. The van der Waals surface area contributed by atoms with Crippen molar-refractivity contribution >= 4 is 5.91 Å². The van der Waals surface area contributed by atoms with E-state index in [1.54, 1.807) is 0 Å². The fourth-order valence-electron chi connectivity index (χ4n) is 3.46. The Balaban J connectivity index is 1.52. The highest BCUT2D eigenvalue weighted by molar-refractivity contribution is 5.94. The summed E-state index contributed by atoms with van der Waals surface area (Å²) >= 11 is 0. The van der Waals surface area contributed by atoms with Crippen LogP contribution in [0.3, 0.4) is 0 Å². The molecule has 0 atom stereocenters. The zero-order valence-electron chi connectivity index (χ0n) is 12.8. The van der Waals surface area contributed by atoms with E-state index in [9.17, 15) is 4.79 Å². The first-order valence-corrected chi connectivity index (χ1v) is 8.42. The molecule has 2 saturated heterocycles. The lowest BCUT2D eigenvalue weighted by Crippen LogP contribution is -2.28. The van der Waals surface area contributed by atoms with Gasteiger partial charge in [0.25, 0.3) is 5.91 Å². The average Bonchev–Trinajstić information content (AvgIpc) is 3.08. The lowest BCUT2D eigenvalue weighted by molar-refractivity contribution is 0.0793. The highest BCUT2D eigenvalue weighted by Crippen LogP contribution is 2.19. The van der Waals surface area contributed by atoms with Crippen LogP contribution in [0.4, 0.5) is 0 Å². The van der Waals surface area contributed by atoms with Gasteiger partial charge in [0.2, 0.25) is 0 Å². The Hall–Kier alpha value is -1.35. The normalized spacial score (nSPS) is 19.9. The number of carbonyl (C=O) groups is 1. The second-order valence-corrected chi connectivity index (χ2v) is 6.43. The van der Waals surface area contributed by atoms with Crippen LogP contribution >= 0.6 is 0 Å². The summed E-state index contributed by atoms with van der Waals surface area (Å²) in [7, 11) is 0. The molecule has 2 fully saturated rings. The molecule has 1 N–H and O–H groups in total. The Morgan fingerprint density at radius 3 is 2.43 bits per heavy atom. The summed E-state index contributed by atoms with van der Waals surface area (Å²) in [4.78, 5) is 14.3. The molecule has 2 aliphatic rings. The third-order valence-corrected chi connectivity index (χ3v) is 4.89. The molecule has 0 aliphatic carbocycles. The van der Waals surface area contributed by atoms with Crippen molar-refractivity contribution in [2.45, 2.75) is 38.5 Å². The van der Waals surface area contributed by atoms with Crippen LogP contribution in [0.15, 0.2) is 24.3 Å². The summed E-state index contributed by atoms with van der Waals surface area (Å²) in [6.45, 7) is 4.20. The average molecular weight is 286 g/mol. The Bertz CT molecular complexity index is 457. The summed E-state index contributed by atoms with van der Waals surface area (Å²) in [5.74, 6) is 1.08. The maximum absolute atomic E-state index is 12.3. The zero-order valence-corrected chi connectivity index (χ0v) is 12.8. The van der Waals surface area contributed by atoms with E-state index >= 15 is 0 Å². The van der Waals surface area contributed by atoms with Crippen molar-refractivity contribution in [3.63, 3.8) is 0 Å². The first-order valence-electron chi connectivity index (χ1n) is 8.42. The molecule has 0 aromatic heterocycles. The van der Waals surface area contributed by atoms with Crippen LogP contribution in [0.2, 0.25) is 0 Å². The molecule has 3 nitrogen and oxygen atoms in total. The summed E-state index contributed by atoms with van der Waals surface area (Å²) in [5.41, 5.74) is 2.22. The molecule has 1 amide bonds. The maximum Gasteiger partial charge on any atom is 0.253 e. The van der Waals surface area contributed by atoms with Gasteiger partial charge in [-0.1, -0.05) is 12.1 Å². The van der Waals surface area contributed by atoms with E-state index in [0.717, 1.165) is 43.8 Å². The van der Waals surface area contributed by atoms with Gasteiger partial charge in [0, 0.05) is 18.7 Å². The molecular formula is C18H26N2O. The molecule has 0 unspecified atom stereocenters. The van der Waals surface area contributed by atoms with Crippen molar-refractivity contribution in [2.75, 3.05) is 26.2 Å². The first-order chi connectivity index (χ1) is 10.3. The number of likely N-dealkylation sites (tertiary alicyclic amines) is 1. The van der Waals surface area contributed by atoms with Crippen molar-refractivity contribution in [2.24, 2.45) is 5.92 Å². The molecule has 0 radical (unpaired) electrons. The topological polar surface area (TPSA) is 32.3 Å². The lowest BCUT2D eigenvalue weighted by Gasteiger charge is -2.22. The fourth-order valence-corrected chi connectivity index (χ4v) is 3.46. The van der Waals surface area contributed by atoms with Gasteiger partial charge in [0.1, 0.15) is 0 Å². The Morgan fingerprint density at radius 1 is 1.10 bits per heavy atom. The summed E-state index contributed by atoms with van der Waals surface area (Å²) in [5, 5.41) is 3.42. The van der Waals surface area contributed by atoms with E-state index in [1.165, 1.54) is 37.9 Å². The molecule has 21 heavy (non-hydrogen) atoms. The Labute approximate surface area is 127 Å². The monoisotopic (exact) mass is 286 g/mol. The SMILES string of the molecule is O=C(c1ccc(CCC2CCNCC2)cc1)N1CCCC1. The fraction of sp³-hybridized carbons (Fsp3) is 0.611. The predicted octanol–water partition coefficient (Wildman–Crippen LogP) is 2.85. The molecular weight excluding hydrogens is 260 g/mol. The third kappa shape index (κ3) is 3.85. The Morgan fingerprint density at radius 2 is 1.76 bits per heavy atom. The highest BCUT2D eigenvalue weighted by Gasteiger charge is 2.19. The van der Waals surface area contributed by atoms with E-state index in [1.807, 2.05) is 17.0 Å². The van der Waals surface area contributed by atoms with Gasteiger partial charge in [-0.25, -0.2) is 0 Å². The number of amides is 1. The van der Waals surface area contributed by atoms with Crippen molar-refractivity contribution in [3.05, 3.63) is 35.4 Å². The standard InChI is InChI=1S/C18H26N2O/c21-18(20-13-1-2-14-20)17-7-5-15(6-8-17)3-4-16-9-11-19-12-10-16/h5-8,16,19H,1-4,9-14H2. The first kappa shape index (κ1) is 14.6. The van der Waals surface area contributed by atoms with Crippen molar-refractivity contribution < 1.29 is 4.79 Å². The minimum Gasteiger partial charge on any atom is -0.339 e. The number of nitrogens with one attached hydrogen (secondary N) is 1. The van der Waals surface area contributed by atoms with Crippen molar-refractivity contribution in [3.8, 4) is 0 Å². The zero-order chi connectivity index (χ0) is 14.5. The van der Waals surface area contributed by atoms with Crippen LogP contribution in [0.1, 0.15) is 48.0 Å². The molecule has 0 bridgehead atoms. The van der Waals surface area contributed by atoms with E-state index in [2.05, 4.69) is 17.4 Å². The summed E-state index contributed by atoms with van der Waals surface area (Å²) in [6.07, 6.45) is 7.35. The minimum absolute atomic E-state index is 0.206. The molecule has 114 valence electrons. The van der Waals surface area contributed by atoms with Gasteiger partial charge >= 0.3 is 0 Å². The number of rotatable bonds is 4. The van der Waals surface area contributed by atoms with Crippen LogP contribution in [0, 0.1) is 5.92 Å². The number of piperidine rings is 1. The van der Waals surface area contributed by atoms with Crippen LogP contribution in [0.25, 0.3) is 0 Å². The van der Waals surface area contributed by atoms with Gasteiger partial charge < -0.3 is 10.2 Å². The van der Waals surface area contributed by atoms with Gasteiger partial charge in [-0.05, 0) is 75.2 Å². The molecule has 2 aliphatic heterocycles. The number of aryl methyl sites for hydroxylation is 1. The van der Waals surface area contributed by atoms with E-state index in [-0.39, 0.29) is 5.91 Å². The smallest absolute Gasteiger partial charge is 0.253 e. The third-order valence-electron chi connectivity index (χ3n) is 4.89. The van der Waals surface area contributed by atoms with Crippen LogP contribution in [-0.2, 0) is 6.42 Å². The molecule has 3 heteroatoms. The van der Waals surface area contributed by atoms with E-state index in [0.29, 0.717) is 0 Å². The van der Waals surface area contributed by atoms with Gasteiger partial charge in [-0.15, -0.1) is 0 Å². The summed E-state index contributed by atoms with van der Waals surface area (Å²) < 4.78 is 0. The van der Waals surface area contributed by atoms with Gasteiger partial charge in [0.05, 0.1) is 0 Å². The van der Waals surface area contributed by atoms with Gasteiger partial charge in [0.15, 0.2) is 0 Å². The molecule has 0 spiro atoms. The van der Waals surface area contributed by atoms with Crippen LogP contribution in [0.5, 0.6) is 0 Å². The Kier molecular flexibility index (Phi) is 4.91. The molecule has 3 rings (SSSR count). The largest absolute Gasteiger partial charge is 0.339 e. The number of benzene rings is 1. The molecule has 1 aromatic carbocycles. The van der Waals surface area contributed by atoms with Gasteiger partial charge in [-0.3, -0.25) is 4.79 Å². The number of nitrogens with zero attached hydrogens (tertiary/aromatic N) is 1. The summed E-state index contributed by atoms with van der Waals surface area (Å²) in [6, 6.07) is 8.31. The van der Waals surface area contributed by atoms with Crippen LogP contribution in [-0.4, -0.2) is 37.0 Å². The predicted molar refractivity (Wildman–Crippen MR) is 85.5 cm³/mol. The van der Waals surface area contributed by atoms with Crippen LogP contribution < -0.4 is 5.32 Å². The lowest BCUT2D eigenvalue weighted by atomic mass is 9.91. The van der Waals surface area contributed by atoms with Gasteiger partial charge in [-0.2, -0.15) is 0 Å². The minimum atomic E-state index is 0.206. The molecule has 1 aromatic rings. The number of carbonyl (C=O) groups excluding carboxylic acids is 1. The number of hydrogen-bond acceptors (Lipinski definition) is 2. The molecule has 2 heterocycles. The second kappa shape index (κ2) is 7.08. The number of hydrogen-bond donors (Lipinski definition) is 1. The van der Waals surface area contributed by atoms with Crippen molar-refractivity contribution in [1.29, 1.82) is 0 Å².